The maximum atomic E-state index is 5.67. The molecular formula is C18H31IN4O2. The molecule has 25 heavy (non-hydrogen) atoms. The summed E-state index contributed by atoms with van der Waals surface area (Å²) in [6, 6.07) is 10.7. The van der Waals surface area contributed by atoms with Gasteiger partial charge in [0.15, 0.2) is 5.96 Å². The molecule has 0 amide bonds. The summed E-state index contributed by atoms with van der Waals surface area (Å²) in [4.78, 5) is 6.74. The minimum absolute atomic E-state index is 0. The average Bonchev–Trinajstić information content (AvgIpc) is 2.62. The van der Waals surface area contributed by atoms with Crippen LogP contribution in [0.4, 0.5) is 0 Å². The van der Waals surface area contributed by atoms with Crippen LogP contribution in [-0.2, 0) is 4.74 Å². The van der Waals surface area contributed by atoms with Gasteiger partial charge in [0.2, 0.25) is 0 Å². The number of benzene rings is 1. The van der Waals surface area contributed by atoms with E-state index in [1.54, 1.807) is 7.05 Å². The van der Waals surface area contributed by atoms with Crippen LogP contribution in [-0.4, -0.2) is 69.4 Å². The number of guanidine groups is 1. The first-order chi connectivity index (χ1) is 11.7. The van der Waals surface area contributed by atoms with E-state index in [1.165, 1.54) is 0 Å². The molecule has 2 rings (SSSR count). The summed E-state index contributed by atoms with van der Waals surface area (Å²) in [6.07, 6.45) is 0. The normalized spacial score (nSPS) is 19.6. The Labute approximate surface area is 168 Å². The van der Waals surface area contributed by atoms with Crippen molar-refractivity contribution in [1.29, 1.82) is 0 Å². The second kappa shape index (κ2) is 12.3. The van der Waals surface area contributed by atoms with Crippen LogP contribution in [0.15, 0.2) is 35.3 Å². The number of rotatable bonds is 7. The van der Waals surface area contributed by atoms with E-state index in [-0.39, 0.29) is 24.0 Å². The summed E-state index contributed by atoms with van der Waals surface area (Å²) in [5.41, 5.74) is 0. The SMILES string of the molecule is CN=C(NCCOc1ccccc1)NCC(C)N1CCOCC1C.I. The first kappa shape index (κ1) is 22.0. The molecule has 0 saturated carbocycles. The van der Waals surface area contributed by atoms with Crippen molar-refractivity contribution in [2.75, 3.05) is 46.5 Å². The lowest BCUT2D eigenvalue weighted by atomic mass is 10.2. The fourth-order valence-electron chi connectivity index (χ4n) is 2.83. The number of ether oxygens (including phenoxy) is 2. The van der Waals surface area contributed by atoms with Gasteiger partial charge < -0.3 is 20.1 Å². The second-order valence-electron chi connectivity index (χ2n) is 6.05. The molecule has 1 aromatic rings. The summed E-state index contributed by atoms with van der Waals surface area (Å²) in [6.45, 7) is 9.22. The number of aliphatic imine (C=N–C) groups is 1. The maximum absolute atomic E-state index is 5.67. The molecule has 0 radical (unpaired) electrons. The summed E-state index contributed by atoms with van der Waals surface area (Å²) in [7, 11) is 1.79. The Hall–Kier alpha value is -1.06. The molecule has 0 aromatic heterocycles. The quantitative estimate of drug-likeness (QED) is 0.281. The van der Waals surface area contributed by atoms with Crippen LogP contribution < -0.4 is 15.4 Å². The van der Waals surface area contributed by atoms with E-state index < -0.39 is 0 Å². The lowest BCUT2D eigenvalue weighted by Gasteiger charge is -2.38. The van der Waals surface area contributed by atoms with Gasteiger partial charge in [0.1, 0.15) is 12.4 Å². The maximum Gasteiger partial charge on any atom is 0.191 e. The third-order valence-electron chi connectivity index (χ3n) is 4.18. The fraction of sp³-hybridized carbons (Fsp3) is 0.611. The van der Waals surface area contributed by atoms with E-state index in [2.05, 4.69) is 34.4 Å². The van der Waals surface area contributed by atoms with Crippen LogP contribution in [0.25, 0.3) is 0 Å². The Morgan fingerprint density at radius 2 is 2.12 bits per heavy atom. The number of para-hydroxylation sites is 1. The molecule has 2 N–H and O–H groups in total. The van der Waals surface area contributed by atoms with E-state index in [9.17, 15) is 0 Å². The monoisotopic (exact) mass is 462 g/mol. The van der Waals surface area contributed by atoms with E-state index in [0.29, 0.717) is 25.2 Å². The predicted octanol–water partition coefficient (Wildman–Crippen LogP) is 1.96. The minimum atomic E-state index is 0. The van der Waals surface area contributed by atoms with Gasteiger partial charge in [-0.2, -0.15) is 0 Å². The summed E-state index contributed by atoms with van der Waals surface area (Å²) in [5.74, 6) is 1.69. The third-order valence-corrected chi connectivity index (χ3v) is 4.18. The molecule has 7 heteroatoms. The Morgan fingerprint density at radius 1 is 1.36 bits per heavy atom. The number of nitrogens with one attached hydrogen (secondary N) is 2. The van der Waals surface area contributed by atoms with E-state index >= 15 is 0 Å². The van der Waals surface area contributed by atoms with Crippen LogP contribution >= 0.6 is 24.0 Å². The van der Waals surface area contributed by atoms with Gasteiger partial charge in [-0.3, -0.25) is 9.89 Å². The van der Waals surface area contributed by atoms with Crippen molar-refractivity contribution in [3.63, 3.8) is 0 Å². The van der Waals surface area contributed by atoms with Crippen molar-refractivity contribution in [3.05, 3.63) is 30.3 Å². The van der Waals surface area contributed by atoms with Crippen molar-refractivity contribution in [2.45, 2.75) is 25.9 Å². The fourth-order valence-corrected chi connectivity index (χ4v) is 2.83. The molecule has 1 fully saturated rings. The van der Waals surface area contributed by atoms with Crippen LogP contribution in [0.1, 0.15) is 13.8 Å². The molecule has 0 spiro atoms. The Bertz CT molecular complexity index is 501. The summed E-state index contributed by atoms with van der Waals surface area (Å²) < 4.78 is 11.2. The van der Waals surface area contributed by atoms with E-state index in [4.69, 9.17) is 9.47 Å². The largest absolute Gasteiger partial charge is 0.492 e. The highest BCUT2D eigenvalue weighted by atomic mass is 127. The van der Waals surface area contributed by atoms with E-state index in [0.717, 1.165) is 38.0 Å². The molecule has 1 aliphatic heterocycles. The van der Waals surface area contributed by atoms with Gasteiger partial charge in [0.25, 0.3) is 0 Å². The lowest BCUT2D eigenvalue weighted by molar-refractivity contribution is -0.0174. The predicted molar refractivity (Wildman–Crippen MR) is 113 cm³/mol. The van der Waals surface area contributed by atoms with Crippen LogP contribution in [0.5, 0.6) is 5.75 Å². The smallest absolute Gasteiger partial charge is 0.191 e. The van der Waals surface area contributed by atoms with Gasteiger partial charge in [-0.05, 0) is 26.0 Å². The second-order valence-corrected chi connectivity index (χ2v) is 6.05. The standard InChI is InChI=1S/C18H30N4O2.HI/c1-15(22-10-12-23-14-16(22)2)13-21-18(19-3)20-9-11-24-17-7-5-4-6-8-17;/h4-8,15-16H,9-14H2,1-3H3,(H2,19,20,21);1H. The summed E-state index contributed by atoms with van der Waals surface area (Å²) >= 11 is 0. The highest BCUT2D eigenvalue weighted by Crippen LogP contribution is 2.10. The van der Waals surface area contributed by atoms with Crippen molar-refractivity contribution >= 4 is 29.9 Å². The van der Waals surface area contributed by atoms with Crippen molar-refractivity contribution in [2.24, 2.45) is 4.99 Å². The molecular weight excluding hydrogens is 431 g/mol. The summed E-state index contributed by atoms with van der Waals surface area (Å²) in [5, 5.41) is 6.67. The van der Waals surface area contributed by atoms with E-state index in [1.807, 2.05) is 30.3 Å². The first-order valence-electron chi connectivity index (χ1n) is 8.66. The van der Waals surface area contributed by atoms with Gasteiger partial charge in [0, 0.05) is 32.2 Å². The van der Waals surface area contributed by atoms with Crippen molar-refractivity contribution in [1.82, 2.24) is 15.5 Å². The van der Waals surface area contributed by atoms with Crippen LogP contribution in [0.3, 0.4) is 0 Å². The molecule has 0 aliphatic carbocycles. The highest BCUT2D eigenvalue weighted by Gasteiger charge is 2.23. The minimum Gasteiger partial charge on any atom is -0.492 e. The van der Waals surface area contributed by atoms with Crippen molar-refractivity contribution in [3.8, 4) is 5.75 Å². The van der Waals surface area contributed by atoms with Gasteiger partial charge in [-0.15, -0.1) is 24.0 Å². The molecule has 2 unspecified atom stereocenters. The molecule has 1 heterocycles. The Balaban J connectivity index is 0.00000312. The zero-order valence-corrected chi connectivity index (χ0v) is 17.7. The molecule has 1 saturated heterocycles. The van der Waals surface area contributed by atoms with Crippen LogP contribution in [0, 0.1) is 0 Å². The first-order valence-corrected chi connectivity index (χ1v) is 8.66. The lowest BCUT2D eigenvalue weighted by Crippen LogP contribution is -2.53. The topological polar surface area (TPSA) is 58.1 Å². The molecule has 2 atom stereocenters. The highest BCUT2D eigenvalue weighted by molar-refractivity contribution is 14.0. The zero-order valence-electron chi connectivity index (χ0n) is 15.4. The zero-order chi connectivity index (χ0) is 17.2. The Morgan fingerprint density at radius 3 is 2.80 bits per heavy atom. The third kappa shape index (κ3) is 7.79. The molecule has 142 valence electrons. The molecule has 6 nitrogen and oxygen atoms in total. The molecule has 1 aromatic carbocycles. The van der Waals surface area contributed by atoms with Gasteiger partial charge in [-0.25, -0.2) is 0 Å². The van der Waals surface area contributed by atoms with Crippen LogP contribution in [0.2, 0.25) is 0 Å². The number of hydrogen-bond acceptors (Lipinski definition) is 4. The molecule has 1 aliphatic rings. The van der Waals surface area contributed by atoms with Gasteiger partial charge >= 0.3 is 0 Å². The number of nitrogens with zero attached hydrogens (tertiary/aromatic N) is 2. The molecule has 0 bridgehead atoms. The average molecular weight is 462 g/mol. The van der Waals surface area contributed by atoms with Gasteiger partial charge in [0.05, 0.1) is 19.8 Å². The van der Waals surface area contributed by atoms with Crippen molar-refractivity contribution < 1.29 is 9.47 Å². The number of morpholine rings is 1. The number of hydrogen-bond donors (Lipinski definition) is 2. The number of halogens is 1. The van der Waals surface area contributed by atoms with Gasteiger partial charge in [-0.1, -0.05) is 18.2 Å². The Kier molecular flexibility index (Phi) is 10.8.